The smallest absolute Gasteiger partial charge is 0.329 e. The Balaban J connectivity index is 3.33. The van der Waals surface area contributed by atoms with Crippen LogP contribution in [0.2, 0.25) is 5.28 Å². The van der Waals surface area contributed by atoms with Crippen molar-refractivity contribution < 1.29 is 14.5 Å². The lowest BCUT2D eigenvalue weighted by molar-refractivity contribution is -0.384. The Hall–Kier alpha value is -1.96. The molecule has 122 valence electrons. The largest absolute Gasteiger partial charge is 0.469 e. The number of hydrogen-bond acceptors (Lipinski definition) is 7. The van der Waals surface area contributed by atoms with Crippen LogP contribution >= 0.6 is 11.6 Å². The number of ether oxygens (including phenoxy) is 1. The van der Waals surface area contributed by atoms with Gasteiger partial charge in [-0.05, 0) is 31.9 Å². The first-order valence-electron chi connectivity index (χ1n) is 6.83. The highest BCUT2D eigenvalue weighted by Gasteiger charge is 2.30. The third-order valence-electron chi connectivity index (χ3n) is 3.21. The topological polar surface area (TPSA) is 98.5 Å². The van der Waals surface area contributed by atoms with E-state index in [9.17, 15) is 14.9 Å². The molecule has 0 fully saturated rings. The number of rotatable bonds is 7. The summed E-state index contributed by atoms with van der Waals surface area (Å²) in [6, 6.07) is -0.420. The maximum absolute atomic E-state index is 11.6. The lowest BCUT2D eigenvalue weighted by atomic mass is 10.1. The first kappa shape index (κ1) is 18.1. The zero-order valence-corrected chi connectivity index (χ0v) is 13.7. The minimum Gasteiger partial charge on any atom is -0.469 e. The van der Waals surface area contributed by atoms with Crippen molar-refractivity contribution in [1.29, 1.82) is 0 Å². The zero-order valence-electron chi connectivity index (χ0n) is 12.9. The molecule has 0 amide bonds. The van der Waals surface area contributed by atoms with E-state index in [1.54, 1.807) is 4.90 Å². The molecule has 1 rings (SSSR count). The molecule has 1 atom stereocenters. The molecule has 0 saturated carbocycles. The fourth-order valence-corrected chi connectivity index (χ4v) is 2.35. The van der Waals surface area contributed by atoms with Crippen molar-refractivity contribution in [2.75, 3.05) is 12.0 Å². The van der Waals surface area contributed by atoms with Crippen LogP contribution < -0.4 is 4.90 Å². The van der Waals surface area contributed by atoms with Gasteiger partial charge < -0.3 is 9.64 Å². The van der Waals surface area contributed by atoms with E-state index >= 15 is 0 Å². The summed E-state index contributed by atoms with van der Waals surface area (Å²) in [5.74, 6) is -0.281. The molecule has 0 aliphatic rings. The summed E-state index contributed by atoms with van der Waals surface area (Å²) in [5, 5.41) is 11.1. The lowest BCUT2D eigenvalue weighted by Gasteiger charge is -2.34. The second kappa shape index (κ2) is 7.88. The van der Waals surface area contributed by atoms with Crippen molar-refractivity contribution in [3.8, 4) is 0 Å². The van der Waals surface area contributed by atoms with E-state index in [1.807, 2.05) is 20.8 Å². The van der Waals surface area contributed by atoms with Gasteiger partial charge in [0.25, 0.3) is 0 Å². The third kappa shape index (κ3) is 4.27. The van der Waals surface area contributed by atoms with Gasteiger partial charge in [-0.15, -0.1) is 0 Å². The number of carbonyl (C=O) groups excluding carboxylic acids is 1. The Kier molecular flexibility index (Phi) is 6.48. The van der Waals surface area contributed by atoms with Crippen molar-refractivity contribution in [2.45, 2.75) is 45.7 Å². The van der Waals surface area contributed by atoms with Crippen LogP contribution in [-0.4, -0.2) is 40.1 Å². The molecule has 0 unspecified atom stereocenters. The molecule has 0 bridgehead atoms. The fraction of sp³-hybridized carbons (Fsp3) is 0.615. The minimum atomic E-state index is -0.564. The number of aromatic nitrogens is 2. The third-order valence-corrected chi connectivity index (χ3v) is 3.39. The van der Waals surface area contributed by atoms with Gasteiger partial charge in [0.2, 0.25) is 11.1 Å². The average molecular weight is 331 g/mol. The molecular formula is C13H19ClN4O4. The molecule has 0 aromatic carbocycles. The van der Waals surface area contributed by atoms with Gasteiger partial charge in [-0.25, -0.2) is 4.98 Å². The van der Waals surface area contributed by atoms with E-state index in [2.05, 4.69) is 9.97 Å². The number of anilines is 1. The van der Waals surface area contributed by atoms with Gasteiger partial charge in [0.05, 0.1) is 18.5 Å². The lowest BCUT2D eigenvalue weighted by Crippen LogP contribution is -2.42. The monoisotopic (exact) mass is 330 g/mol. The van der Waals surface area contributed by atoms with E-state index in [0.29, 0.717) is 6.42 Å². The number of nitro groups is 1. The van der Waals surface area contributed by atoms with Crippen LogP contribution in [0.1, 0.15) is 33.6 Å². The summed E-state index contributed by atoms with van der Waals surface area (Å²) in [6.45, 7) is 5.61. The van der Waals surface area contributed by atoms with Gasteiger partial charge in [0, 0.05) is 12.1 Å². The Labute approximate surface area is 133 Å². The van der Waals surface area contributed by atoms with Crippen LogP contribution in [0.25, 0.3) is 0 Å². The predicted octanol–water partition coefficient (Wildman–Crippen LogP) is 2.59. The summed E-state index contributed by atoms with van der Waals surface area (Å²) in [6.07, 6.45) is 1.76. The fourth-order valence-electron chi connectivity index (χ4n) is 2.22. The molecule has 0 N–H and O–H groups in total. The Bertz CT molecular complexity index is 553. The SMILES string of the molecule is CC[C@H](CC(=O)OC)N(c1nc(Cl)ncc1[N+](=O)[O-])C(C)C. The van der Waals surface area contributed by atoms with Crippen LogP contribution in [-0.2, 0) is 9.53 Å². The van der Waals surface area contributed by atoms with Crippen molar-refractivity contribution in [1.82, 2.24) is 9.97 Å². The predicted molar refractivity (Wildman–Crippen MR) is 82.0 cm³/mol. The summed E-state index contributed by atoms with van der Waals surface area (Å²) in [5.41, 5.74) is -0.249. The second-order valence-electron chi connectivity index (χ2n) is 4.95. The molecule has 1 aromatic heterocycles. The number of halogens is 1. The highest BCUT2D eigenvalue weighted by Crippen LogP contribution is 2.31. The maximum atomic E-state index is 11.6. The van der Waals surface area contributed by atoms with Gasteiger partial charge in [-0.2, -0.15) is 4.98 Å². The zero-order chi connectivity index (χ0) is 16.9. The first-order chi connectivity index (χ1) is 10.3. The van der Waals surface area contributed by atoms with Gasteiger partial charge in [-0.3, -0.25) is 14.9 Å². The van der Waals surface area contributed by atoms with Crippen molar-refractivity contribution in [3.05, 3.63) is 21.6 Å². The Morgan fingerprint density at radius 2 is 2.18 bits per heavy atom. The summed E-state index contributed by atoms with van der Waals surface area (Å²) in [7, 11) is 1.30. The molecule has 0 radical (unpaired) electrons. The molecule has 0 spiro atoms. The van der Waals surface area contributed by atoms with E-state index in [-0.39, 0.29) is 41.3 Å². The van der Waals surface area contributed by atoms with Gasteiger partial charge in [0.1, 0.15) is 6.20 Å². The minimum absolute atomic E-state index is 0.0841. The van der Waals surface area contributed by atoms with E-state index in [4.69, 9.17) is 16.3 Å². The quantitative estimate of drug-likeness (QED) is 0.328. The highest BCUT2D eigenvalue weighted by molar-refractivity contribution is 6.28. The van der Waals surface area contributed by atoms with Crippen LogP contribution in [0.4, 0.5) is 11.5 Å². The molecule has 9 heteroatoms. The number of hydrogen-bond donors (Lipinski definition) is 0. The van der Waals surface area contributed by atoms with Crippen LogP contribution in [0.5, 0.6) is 0 Å². The van der Waals surface area contributed by atoms with Crippen molar-refractivity contribution in [2.24, 2.45) is 0 Å². The van der Waals surface area contributed by atoms with Crippen LogP contribution in [0.3, 0.4) is 0 Å². The summed E-state index contributed by atoms with van der Waals surface area (Å²) < 4.78 is 4.69. The van der Waals surface area contributed by atoms with Gasteiger partial charge in [0.15, 0.2) is 0 Å². The maximum Gasteiger partial charge on any atom is 0.329 e. The molecule has 1 aromatic rings. The number of esters is 1. The molecule has 22 heavy (non-hydrogen) atoms. The summed E-state index contributed by atoms with van der Waals surface area (Å²) >= 11 is 5.79. The van der Waals surface area contributed by atoms with Crippen molar-refractivity contribution >= 4 is 29.1 Å². The molecular weight excluding hydrogens is 312 g/mol. The van der Waals surface area contributed by atoms with Crippen molar-refractivity contribution in [3.63, 3.8) is 0 Å². The number of nitrogens with zero attached hydrogens (tertiary/aromatic N) is 4. The average Bonchev–Trinajstić information content (AvgIpc) is 2.45. The van der Waals surface area contributed by atoms with E-state index in [0.717, 1.165) is 6.20 Å². The molecule has 1 heterocycles. The van der Waals surface area contributed by atoms with Crippen LogP contribution in [0.15, 0.2) is 6.20 Å². The first-order valence-corrected chi connectivity index (χ1v) is 7.21. The second-order valence-corrected chi connectivity index (χ2v) is 5.29. The Morgan fingerprint density at radius 3 is 2.64 bits per heavy atom. The summed E-state index contributed by atoms with van der Waals surface area (Å²) in [4.78, 5) is 31.6. The van der Waals surface area contributed by atoms with Gasteiger partial charge >= 0.3 is 11.7 Å². The molecule has 8 nitrogen and oxygen atoms in total. The number of carbonyl (C=O) groups is 1. The molecule has 0 aliphatic carbocycles. The Morgan fingerprint density at radius 1 is 1.55 bits per heavy atom. The highest BCUT2D eigenvalue weighted by atomic mass is 35.5. The number of methoxy groups -OCH3 is 1. The molecule has 0 saturated heterocycles. The van der Waals surface area contributed by atoms with E-state index < -0.39 is 4.92 Å². The standard InChI is InChI=1S/C13H19ClN4O4/c1-5-9(6-11(19)22-4)17(8(2)3)12-10(18(20)21)7-15-13(14)16-12/h7-9H,5-6H2,1-4H3/t9-/m1/s1. The van der Waals surface area contributed by atoms with Crippen LogP contribution in [0, 0.1) is 10.1 Å². The normalized spacial score (nSPS) is 12.1. The van der Waals surface area contributed by atoms with E-state index in [1.165, 1.54) is 7.11 Å². The van der Waals surface area contributed by atoms with Gasteiger partial charge in [-0.1, -0.05) is 6.92 Å². The molecule has 0 aliphatic heterocycles.